The van der Waals surface area contributed by atoms with Gasteiger partial charge in [-0.2, -0.15) is 0 Å². The molecule has 72 valence electrons. The summed E-state index contributed by atoms with van der Waals surface area (Å²) in [5, 5.41) is 0. The second kappa shape index (κ2) is 2.90. The lowest BCUT2D eigenvalue weighted by atomic mass is 9.55. The number of hydrogen-bond acceptors (Lipinski definition) is 0. The minimum Gasteiger partial charge on any atom is -0.102 e. The molecule has 0 heterocycles. The summed E-state index contributed by atoms with van der Waals surface area (Å²) < 4.78 is 0. The Hall–Kier alpha value is -0.260. The quantitative estimate of drug-likeness (QED) is 0.513. The maximum absolute atomic E-state index is 3.97. The molecule has 0 fully saturated rings. The molecule has 12 heavy (non-hydrogen) atoms. The Morgan fingerprint density at radius 1 is 0.750 bits per heavy atom. The van der Waals surface area contributed by atoms with E-state index >= 15 is 0 Å². The molecule has 0 atom stereocenters. The molecule has 0 spiro atoms. The van der Waals surface area contributed by atoms with E-state index < -0.39 is 0 Å². The average molecular weight is 168 g/mol. The third-order valence-electron chi connectivity index (χ3n) is 3.52. The Kier molecular flexibility index (Phi) is 2.84. The van der Waals surface area contributed by atoms with Crippen molar-refractivity contribution >= 4 is 0 Å². The van der Waals surface area contributed by atoms with Crippen molar-refractivity contribution in [3.63, 3.8) is 0 Å². The van der Waals surface area contributed by atoms with Gasteiger partial charge in [0.15, 0.2) is 0 Å². The zero-order chi connectivity index (χ0) is 10.2. The lowest BCUT2D eigenvalue weighted by Gasteiger charge is -2.49. The summed E-state index contributed by atoms with van der Waals surface area (Å²) in [6.45, 7) is 19.9. The van der Waals surface area contributed by atoms with Gasteiger partial charge in [-0.3, -0.25) is 0 Å². The highest BCUT2D eigenvalue weighted by Crippen LogP contribution is 2.51. The number of rotatable bonds is 1. The molecule has 0 amide bonds. The molecule has 0 saturated carbocycles. The van der Waals surface area contributed by atoms with Crippen LogP contribution in [-0.4, -0.2) is 0 Å². The van der Waals surface area contributed by atoms with Crippen LogP contribution >= 0.6 is 0 Å². The highest BCUT2D eigenvalue weighted by molar-refractivity contribution is 5.05. The van der Waals surface area contributed by atoms with E-state index in [1.54, 1.807) is 0 Å². The van der Waals surface area contributed by atoms with Crippen LogP contribution in [0.5, 0.6) is 0 Å². The van der Waals surface area contributed by atoms with Gasteiger partial charge in [0.25, 0.3) is 0 Å². The smallest absolute Gasteiger partial charge is 0.00522 e. The molecule has 0 unspecified atom stereocenters. The summed E-state index contributed by atoms with van der Waals surface area (Å²) in [6.07, 6.45) is 2.10. The normalized spacial score (nSPS) is 14.6. The Morgan fingerprint density at radius 3 is 1.00 bits per heavy atom. The van der Waals surface area contributed by atoms with Gasteiger partial charge >= 0.3 is 0 Å². The van der Waals surface area contributed by atoms with Crippen LogP contribution in [0.2, 0.25) is 0 Å². The van der Waals surface area contributed by atoms with E-state index in [9.17, 15) is 0 Å². The predicted octanol–water partition coefficient (Wildman–Crippen LogP) is 4.27. The molecule has 0 aromatic rings. The van der Waals surface area contributed by atoms with Gasteiger partial charge in [0.2, 0.25) is 0 Å². The summed E-state index contributed by atoms with van der Waals surface area (Å²) in [7, 11) is 0. The van der Waals surface area contributed by atoms with E-state index in [4.69, 9.17) is 0 Å². The second-order valence-electron chi connectivity index (χ2n) is 5.91. The first-order valence-corrected chi connectivity index (χ1v) is 4.70. The molecule has 0 heteroatoms. The lowest BCUT2D eigenvalue weighted by molar-refractivity contribution is 0.0370. The monoisotopic (exact) mass is 168 g/mol. The third kappa shape index (κ3) is 1.73. The van der Waals surface area contributed by atoms with E-state index in [2.05, 4.69) is 61.1 Å². The first kappa shape index (κ1) is 11.7. The summed E-state index contributed by atoms with van der Waals surface area (Å²) in [4.78, 5) is 0. The van der Waals surface area contributed by atoms with Gasteiger partial charge in [-0.05, 0) is 16.2 Å². The van der Waals surface area contributed by atoms with Crippen molar-refractivity contribution in [2.24, 2.45) is 16.2 Å². The van der Waals surface area contributed by atoms with Crippen molar-refractivity contribution in [1.82, 2.24) is 0 Å². The molecule has 0 aromatic carbocycles. The van der Waals surface area contributed by atoms with Gasteiger partial charge in [-0.15, -0.1) is 6.58 Å². The van der Waals surface area contributed by atoms with Crippen LogP contribution in [0.3, 0.4) is 0 Å². The van der Waals surface area contributed by atoms with E-state index in [0.717, 1.165) is 0 Å². The molecular formula is C12H24. The highest BCUT2D eigenvalue weighted by atomic mass is 14.5. The van der Waals surface area contributed by atoms with Gasteiger partial charge < -0.3 is 0 Å². The maximum atomic E-state index is 3.97. The van der Waals surface area contributed by atoms with Crippen molar-refractivity contribution in [3.8, 4) is 0 Å². The van der Waals surface area contributed by atoms with Crippen LogP contribution in [0.4, 0.5) is 0 Å². The zero-order valence-electron chi connectivity index (χ0n) is 9.78. The van der Waals surface area contributed by atoms with E-state index in [0.29, 0.717) is 0 Å². The summed E-state index contributed by atoms with van der Waals surface area (Å²) in [5.74, 6) is 0. The Bertz CT molecular complexity index is 147. The first-order valence-electron chi connectivity index (χ1n) is 4.70. The summed E-state index contributed by atoms with van der Waals surface area (Å²) in [6, 6.07) is 0. The van der Waals surface area contributed by atoms with Gasteiger partial charge in [-0.1, -0.05) is 54.5 Å². The van der Waals surface area contributed by atoms with Crippen LogP contribution in [0.25, 0.3) is 0 Å². The molecule has 0 saturated heterocycles. The first-order chi connectivity index (χ1) is 5.06. The van der Waals surface area contributed by atoms with Crippen LogP contribution in [0.15, 0.2) is 12.7 Å². The molecule has 0 nitrogen and oxygen atoms in total. The van der Waals surface area contributed by atoms with E-state index in [1.807, 2.05) is 0 Å². The van der Waals surface area contributed by atoms with Crippen LogP contribution in [-0.2, 0) is 0 Å². The summed E-state index contributed by atoms with van der Waals surface area (Å²) >= 11 is 0. The average Bonchev–Trinajstić information content (AvgIpc) is 1.81. The number of hydrogen-bond donors (Lipinski definition) is 0. The fourth-order valence-corrected chi connectivity index (χ4v) is 1.74. The highest BCUT2D eigenvalue weighted by Gasteiger charge is 2.43. The number of allylic oxidation sites excluding steroid dienone is 1. The zero-order valence-corrected chi connectivity index (χ0v) is 9.78. The molecule has 0 bridgehead atoms. The standard InChI is InChI=1S/C12H24/c1-9-12(8,10(2,3)4)11(5,6)7/h9H,1H2,2-8H3. The van der Waals surface area contributed by atoms with Crippen LogP contribution in [0.1, 0.15) is 48.5 Å². The topological polar surface area (TPSA) is 0 Å². The largest absolute Gasteiger partial charge is 0.102 e. The van der Waals surface area contributed by atoms with Crippen molar-refractivity contribution in [1.29, 1.82) is 0 Å². The molecule has 0 radical (unpaired) electrons. The summed E-state index contributed by atoms with van der Waals surface area (Å²) in [5.41, 5.74) is 0.722. The molecule has 0 rings (SSSR count). The maximum Gasteiger partial charge on any atom is -0.00522 e. The Balaban J connectivity index is 5.09. The van der Waals surface area contributed by atoms with Gasteiger partial charge in [0, 0.05) is 0 Å². The minimum atomic E-state index is 0.181. The molecular weight excluding hydrogens is 144 g/mol. The Morgan fingerprint density at radius 2 is 1.00 bits per heavy atom. The van der Waals surface area contributed by atoms with Crippen molar-refractivity contribution in [3.05, 3.63) is 12.7 Å². The van der Waals surface area contributed by atoms with Crippen molar-refractivity contribution < 1.29 is 0 Å². The SMILES string of the molecule is C=CC(C)(C(C)(C)C)C(C)(C)C. The van der Waals surface area contributed by atoms with Gasteiger partial charge in [0.1, 0.15) is 0 Å². The predicted molar refractivity (Wildman–Crippen MR) is 57.2 cm³/mol. The third-order valence-corrected chi connectivity index (χ3v) is 3.52. The van der Waals surface area contributed by atoms with E-state index in [1.165, 1.54) is 0 Å². The van der Waals surface area contributed by atoms with E-state index in [-0.39, 0.29) is 16.2 Å². The molecule has 0 aliphatic rings. The molecule has 0 aliphatic heterocycles. The van der Waals surface area contributed by atoms with Crippen molar-refractivity contribution in [2.75, 3.05) is 0 Å². The minimum absolute atomic E-state index is 0.181. The van der Waals surface area contributed by atoms with Gasteiger partial charge in [-0.25, -0.2) is 0 Å². The van der Waals surface area contributed by atoms with Crippen molar-refractivity contribution in [2.45, 2.75) is 48.5 Å². The van der Waals surface area contributed by atoms with Crippen LogP contribution < -0.4 is 0 Å². The molecule has 0 aromatic heterocycles. The van der Waals surface area contributed by atoms with Crippen LogP contribution in [0, 0.1) is 16.2 Å². The second-order valence-corrected chi connectivity index (χ2v) is 5.91. The van der Waals surface area contributed by atoms with Gasteiger partial charge in [0.05, 0.1) is 0 Å². The fraction of sp³-hybridized carbons (Fsp3) is 0.833. The fourth-order valence-electron chi connectivity index (χ4n) is 1.74. The molecule has 0 N–H and O–H groups in total. The Labute approximate surface area is 78.1 Å². The molecule has 0 aliphatic carbocycles. The lowest BCUT2D eigenvalue weighted by Crippen LogP contribution is -2.42.